The first-order chi connectivity index (χ1) is 22.2. The second-order valence-electron chi connectivity index (χ2n) is 7.31. The topological polar surface area (TPSA) is 56.7 Å². The molecule has 6 rings (SSSR count). The van der Waals surface area contributed by atoms with Crippen LogP contribution in [0.3, 0.4) is 0 Å². The maximum atomic E-state index is 12.3. The van der Waals surface area contributed by atoms with Gasteiger partial charge in [0.1, 0.15) is 29.8 Å². The number of hydrogen-bond donors (Lipinski definition) is 1. The molecule has 0 atom stereocenters. The molecular formula is C28H27N2O3+. The number of hydrogen-bond acceptors (Lipinski definition) is 3. The van der Waals surface area contributed by atoms with E-state index in [1.807, 2.05) is 0 Å². The highest BCUT2D eigenvalue weighted by atomic mass is 16.4. The standard InChI is InChI=1S/C28H26N2O3/c31-28(32)22-8-2-1-7-21(22)27-23-11-9-19(29-13-3-4-14-29)17-25(23)33-26-18-20(10-12-24(26)27)30-15-5-6-16-30/h1-2,7-12,17-18H,3-6,13-16H2/p+1/i3D2,4D2,5D2,6D2,13D2,14D2,15D2,16D2. The third-order valence-corrected chi connectivity index (χ3v) is 5.43. The van der Waals surface area contributed by atoms with Gasteiger partial charge in [-0.25, -0.2) is 9.37 Å². The summed E-state index contributed by atoms with van der Waals surface area (Å²) in [6.45, 7) is -12.9. The smallest absolute Gasteiger partial charge is 0.336 e. The predicted molar refractivity (Wildman–Crippen MR) is 131 cm³/mol. The molecule has 0 radical (unpaired) electrons. The van der Waals surface area contributed by atoms with Gasteiger partial charge < -0.3 is 14.4 Å². The van der Waals surface area contributed by atoms with E-state index in [0.717, 1.165) is 12.1 Å². The second kappa shape index (κ2) is 8.07. The quantitative estimate of drug-likeness (QED) is 0.346. The first-order valence-electron chi connectivity index (χ1n) is 18.0. The van der Waals surface area contributed by atoms with Gasteiger partial charge >= 0.3 is 5.97 Å². The van der Waals surface area contributed by atoms with Crippen molar-refractivity contribution in [2.75, 3.05) is 30.9 Å². The third kappa shape index (κ3) is 3.48. The molecule has 0 spiro atoms. The molecular weight excluding hydrogens is 412 g/mol. The van der Waals surface area contributed by atoms with Gasteiger partial charge in [-0.3, -0.25) is 0 Å². The van der Waals surface area contributed by atoms with Crippen molar-refractivity contribution in [3.63, 3.8) is 0 Å². The molecule has 0 bridgehead atoms. The third-order valence-electron chi connectivity index (χ3n) is 5.43. The maximum Gasteiger partial charge on any atom is 0.336 e. The van der Waals surface area contributed by atoms with Crippen LogP contribution in [-0.4, -0.2) is 37.1 Å². The van der Waals surface area contributed by atoms with Gasteiger partial charge in [0, 0.05) is 76.5 Å². The highest BCUT2D eigenvalue weighted by Crippen LogP contribution is 2.42. The molecule has 1 aliphatic carbocycles. The Morgan fingerprint density at radius 2 is 1.73 bits per heavy atom. The summed E-state index contributed by atoms with van der Waals surface area (Å²) in [5.41, 5.74) is -0.118. The van der Waals surface area contributed by atoms with E-state index in [1.165, 1.54) is 42.5 Å². The Morgan fingerprint density at radius 1 is 0.939 bits per heavy atom. The van der Waals surface area contributed by atoms with E-state index >= 15 is 0 Å². The Morgan fingerprint density at radius 3 is 2.52 bits per heavy atom. The van der Waals surface area contributed by atoms with Crippen molar-refractivity contribution >= 4 is 22.6 Å². The molecule has 0 saturated carbocycles. The molecule has 4 aliphatic rings. The maximum absolute atomic E-state index is 12.3. The Kier molecular flexibility index (Phi) is 2.28. The average molecular weight is 456 g/mol. The SMILES string of the molecule is [2H]C1([2H])N(c2ccc3c(-c4ccccc4C(=O)O)c4ccc(=[N+]5C([2H])([2H])C([2H])([2H])C([2H])([2H])C5([2H])[2H])cc-4oc3c2)C([2H])([2H])C([2H])([2H])C1([2H])[2H]. The number of anilines is 1. The largest absolute Gasteiger partial charge is 0.478 e. The minimum absolute atomic E-state index is 0.153. The van der Waals surface area contributed by atoms with Crippen LogP contribution in [-0.2, 0) is 0 Å². The zero-order chi connectivity index (χ0) is 36.7. The van der Waals surface area contributed by atoms with Crippen LogP contribution in [0.15, 0.2) is 65.1 Å². The first kappa shape index (κ1) is 9.34. The second-order valence-corrected chi connectivity index (χ2v) is 7.31. The summed E-state index contributed by atoms with van der Waals surface area (Å²) in [6.07, 6.45) is -13.4. The van der Waals surface area contributed by atoms with Crippen LogP contribution < -0.4 is 14.8 Å². The van der Waals surface area contributed by atoms with Crippen LogP contribution in [0.1, 0.15) is 57.8 Å². The van der Waals surface area contributed by atoms with Gasteiger partial charge in [0.2, 0.25) is 5.36 Å². The fourth-order valence-corrected chi connectivity index (χ4v) is 3.97. The van der Waals surface area contributed by atoms with Crippen LogP contribution in [0, 0.1) is 0 Å². The molecule has 5 nitrogen and oxygen atoms in total. The molecule has 33 heavy (non-hydrogen) atoms. The molecule has 0 unspecified atom stereocenters. The van der Waals surface area contributed by atoms with Gasteiger partial charge in [-0.15, -0.1) is 0 Å². The number of benzene rings is 3. The summed E-state index contributed by atoms with van der Waals surface area (Å²) >= 11 is 0. The van der Waals surface area contributed by atoms with Crippen molar-refractivity contribution in [2.24, 2.45) is 0 Å². The lowest BCUT2D eigenvalue weighted by Gasteiger charge is -2.20. The van der Waals surface area contributed by atoms with Crippen LogP contribution in [0.25, 0.3) is 33.4 Å². The minimum Gasteiger partial charge on any atom is -0.478 e. The predicted octanol–water partition coefficient (Wildman–Crippen LogP) is 5.07. The molecule has 0 aromatic heterocycles. The molecule has 2 saturated heterocycles. The summed E-state index contributed by atoms with van der Waals surface area (Å²) in [5.74, 6) is -1.48. The van der Waals surface area contributed by atoms with E-state index in [1.54, 1.807) is 6.07 Å². The minimum atomic E-state index is -3.34. The van der Waals surface area contributed by atoms with Crippen molar-refractivity contribution < 1.29 is 36.3 Å². The van der Waals surface area contributed by atoms with Crippen LogP contribution in [0.2, 0.25) is 0 Å². The van der Waals surface area contributed by atoms with Crippen LogP contribution >= 0.6 is 0 Å². The summed E-state index contributed by atoms with van der Waals surface area (Å²) in [5, 5.41) is 9.88. The molecule has 3 heterocycles. The van der Waals surface area contributed by atoms with Gasteiger partial charge in [-0.2, -0.15) is 0 Å². The van der Waals surface area contributed by atoms with Crippen molar-refractivity contribution in [3.05, 3.63) is 71.6 Å². The van der Waals surface area contributed by atoms with Crippen molar-refractivity contribution in [1.82, 2.24) is 4.58 Å². The Labute approximate surface area is 215 Å². The zero-order valence-electron chi connectivity index (χ0n) is 32.9. The van der Waals surface area contributed by atoms with E-state index in [2.05, 4.69) is 0 Å². The summed E-state index contributed by atoms with van der Waals surface area (Å²) in [6, 6.07) is 13.2. The number of nitrogens with zero attached hydrogens (tertiary/aromatic N) is 2. The first-order valence-corrected chi connectivity index (χ1v) is 9.98. The van der Waals surface area contributed by atoms with E-state index in [0.29, 0.717) is 9.48 Å². The van der Waals surface area contributed by atoms with Gasteiger partial charge in [0.05, 0.1) is 11.6 Å². The van der Waals surface area contributed by atoms with Crippen LogP contribution in [0.4, 0.5) is 5.69 Å². The number of fused-ring (bicyclic) bond motifs is 2. The fraction of sp³-hybridized carbons (Fsp3) is 0.286. The lowest BCUT2D eigenvalue weighted by atomic mass is 9.90. The number of carboxylic acid groups (broad SMARTS) is 1. The number of carboxylic acids is 1. The van der Waals surface area contributed by atoms with E-state index < -0.39 is 57.4 Å². The van der Waals surface area contributed by atoms with E-state index in [-0.39, 0.29) is 50.0 Å². The van der Waals surface area contributed by atoms with Crippen molar-refractivity contribution in [3.8, 4) is 22.5 Å². The van der Waals surface area contributed by atoms with Crippen LogP contribution in [0.5, 0.6) is 0 Å². The highest BCUT2D eigenvalue weighted by Gasteiger charge is 2.23. The number of rotatable bonds is 3. The molecule has 1 N–H and O–H groups in total. The summed E-state index contributed by atoms with van der Waals surface area (Å²) in [4.78, 5) is 12.6. The Bertz CT molecular complexity index is 2050. The molecule has 2 aromatic carbocycles. The van der Waals surface area contributed by atoms with Crippen molar-refractivity contribution in [1.29, 1.82) is 0 Å². The van der Waals surface area contributed by atoms with E-state index in [9.17, 15) is 9.90 Å². The lowest BCUT2D eigenvalue weighted by Crippen LogP contribution is -2.26. The van der Waals surface area contributed by atoms with Gasteiger partial charge in [-0.1, -0.05) is 18.2 Å². The Hall–Kier alpha value is -3.60. The monoisotopic (exact) mass is 455 g/mol. The summed E-state index contributed by atoms with van der Waals surface area (Å²) < 4.78 is 139. The van der Waals surface area contributed by atoms with Gasteiger partial charge in [0.25, 0.3) is 0 Å². The lowest BCUT2D eigenvalue weighted by molar-refractivity contribution is 0.0697. The fourth-order valence-electron chi connectivity index (χ4n) is 3.97. The highest BCUT2D eigenvalue weighted by molar-refractivity contribution is 6.07. The van der Waals surface area contributed by atoms with Gasteiger partial charge in [-0.05, 0) is 42.6 Å². The molecule has 2 aromatic rings. The summed E-state index contributed by atoms with van der Waals surface area (Å²) in [7, 11) is 0. The average Bonchev–Trinajstić information content (AvgIpc) is 3.10. The van der Waals surface area contributed by atoms with E-state index in [4.69, 9.17) is 26.3 Å². The van der Waals surface area contributed by atoms with Crippen molar-refractivity contribution in [2.45, 2.75) is 25.5 Å². The number of aromatic carboxylic acids is 1. The Balaban J connectivity index is 1.74. The van der Waals surface area contributed by atoms with Gasteiger partial charge in [0.15, 0.2) is 0 Å². The molecule has 166 valence electrons. The molecule has 3 aliphatic heterocycles. The normalized spacial score (nSPS) is 35.6. The number of carbonyl (C=O) groups is 1. The molecule has 2 fully saturated rings. The molecule has 5 heteroatoms. The zero-order valence-corrected chi connectivity index (χ0v) is 16.9. The molecule has 0 amide bonds.